The second-order valence-corrected chi connectivity index (χ2v) is 6.60. The molecule has 0 saturated carbocycles. The zero-order valence-corrected chi connectivity index (χ0v) is 14.5. The molecule has 0 aliphatic carbocycles. The standard InChI is InChI=1S/C18H27N5O/c1-14(2)17(23-6-8-24-9-7-23)13-20-11-16-12-21-22-18(16)15-4-3-5-19-10-15/h3-5,10,12,14,17,20H,6-9,11,13H2,1-2H3,(H,21,22)/t17-/m0/s1. The first kappa shape index (κ1) is 17.1. The highest BCUT2D eigenvalue weighted by atomic mass is 16.5. The van der Waals surface area contributed by atoms with Crippen molar-refractivity contribution in [2.75, 3.05) is 32.8 Å². The monoisotopic (exact) mass is 329 g/mol. The summed E-state index contributed by atoms with van der Waals surface area (Å²) in [5, 5.41) is 10.9. The summed E-state index contributed by atoms with van der Waals surface area (Å²) in [6.07, 6.45) is 5.55. The Balaban J connectivity index is 1.58. The molecule has 0 aromatic carbocycles. The summed E-state index contributed by atoms with van der Waals surface area (Å²) in [4.78, 5) is 6.73. The third-order valence-electron chi connectivity index (χ3n) is 4.62. The molecule has 0 amide bonds. The quantitative estimate of drug-likeness (QED) is 0.812. The second-order valence-electron chi connectivity index (χ2n) is 6.60. The number of hydrogen-bond donors (Lipinski definition) is 2. The van der Waals surface area contributed by atoms with Crippen LogP contribution in [0.5, 0.6) is 0 Å². The minimum Gasteiger partial charge on any atom is -0.379 e. The molecule has 1 aliphatic heterocycles. The molecule has 6 nitrogen and oxygen atoms in total. The molecular formula is C18H27N5O. The second kappa shape index (κ2) is 8.37. The van der Waals surface area contributed by atoms with Crippen LogP contribution >= 0.6 is 0 Å². The number of nitrogens with zero attached hydrogens (tertiary/aromatic N) is 3. The number of aromatic amines is 1. The maximum absolute atomic E-state index is 5.48. The van der Waals surface area contributed by atoms with E-state index in [0.717, 1.165) is 50.7 Å². The van der Waals surface area contributed by atoms with E-state index < -0.39 is 0 Å². The Morgan fingerprint density at radius 3 is 2.83 bits per heavy atom. The molecule has 24 heavy (non-hydrogen) atoms. The van der Waals surface area contributed by atoms with E-state index in [-0.39, 0.29) is 0 Å². The largest absolute Gasteiger partial charge is 0.379 e. The van der Waals surface area contributed by atoms with Crippen molar-refractivity contribution < 1.29 is 4.74 Å². The minimum atomic E-state index is 0.530. The Bertz CT molecular complexity index is 607. The molecule has 1 atom stereocenters. The van der Waals surface area contributed by atoms with E-state index >= 15 is 0 Å². The van der Waals surface area contributed by atoms with Gasteiger partial charge in [-0.3, -0.25) is 15.0 Å². The molecule has 1 fully saturated rings. The van der Waals surface area contributed by atoms with Crippen LogP contribution in [-0.4, -0.2) is 59.0 Å². The first-order chi connectivity index (χ1) is 11.8. The molecule has 3 rings (SSSR count). The predicted octanol–water partition coefficient (Wildman–Crippen LogP) is 1.92. The summed E-state index contributed by atoms with van der Waals surface area (Å²) in [7, 11) is 0. The Kier molecular flexibility index (Phi) is 5.96. The van der Waals surface area contributed by atoms with Crippen molar-refractivity contribution in [1.29, 1.82) is 0 Å². The SMILES string of the molecule is CC(C)[C@H](CNCc1cn[nH]c1-c1cccnc1)N1CCOCC1. The van der Waals surface area contributed by atoms with Gasteiger partial charge in [-0.15, -0.1) is 0 Å². The van der Waals surface area contributed by atoms with Gasteiger partial charge in [-0.05, 0) is 18.1 Å². The molecule has 130 valence electrons. The fourth-order valence-corrected chi connectivity index (χ4v) is 3.26. The van der Waals surface area contributed by atoms with Gasteiger partial charge in [-0.25, -0.2) is 0 Å². The molecule has 2 aromatic heterocycles. The summed E-state index contributed by atoms with van der Waals surface area (Å²) in [6.45, 7) is 10.1. The summed E-state index contributed by atoms with van der Waals surface area (Å²) in [5.74, 6) is 0.609. The number of nitrogens with one attached hydrogen (secondary N) is 2. The predicted molar refractivity (Wildman–Crippen MR) is 94.5 cm³/mol. The summed E-state index contributed by atoms with van der Waals surface area (Å²) < 4.78 is 5.48. The van der Waals surface area contributed by atoms with E-state index in [2.05, 4.69) is 45.3 Å². The lowest BCUT2D eigenvalue weighted by Crippen LogP contribution is -2.50. The Morgan fingerprint density at radius 2 is 2.12 bits per heavy atom. The van der Waals surface area contributed by atoms with Gasteiger partial charge in [-0.1, -0.05) is 13.8 Å². The van der Waals surface area contributed by atoms with Gasteiger partial charge in [0.15, 0.2) is 0 Å². The van der Waals surface area contributed by atoms with Crippen LogP contribution in [0.25, 0.3) is 11.3 Å². The number of ether oxygens (including phenoxy) is 1. The lowest BCUT2D eigenvalue weighted by Gasteiger charge is -2.37. The maximum Gasteiger partial charge on any atom is 0.0710 e. The highest BCUT2D eigenvalue weighted by Crippen LogP contribution is 2.20. The zero-order valence-electron chi connectivity index (χ0n) is 14.5. The van der Waals surface area contributed by atoms with Gasteiger partial charge in [0.25, 0.3) is 0 Å². The molecule has 6 heteroatoms. The molecule has 2 N–H and O–H groups in total. The topological polar surface area (TPSA) is 66.1 Å². The van der Waals surface area contributed by atoms with Crippen molar-refractivity contribution in [1.82, 2.24) is 25.4 Å². The van der Waals surface area contributed by atoms with E-state index in [1.807, 2.05) is 18.5 Å². The highest BCUT2D eigenvalue weighted by molar-refractivity contribution is 5.61. The smallest absolute Gasteiger partial charge is 0.0710 e. The van der Waals surface area contributed by atoms with Gasteiger partial charge in [-0.2, -0.15) is 5.10 Å². The van der Waals surface area contributed by atoms with Crippen molar-refractivity contribution >= 4 is 0 Å². The normalized spacial score (nSPS) is 17.3. The zero-order chi connectivity index (χ0) is 16.8. The van der Waals surface area contributed by atoms with Gasteiger partial charge < -0.3 is 10.1 Å². The van der Waals surface area contributed by atoms with E-state index in [1.165, 1.54) is 5.56 Å². The summed E-state index contributed by atoms with van der Waals surface area (Å²) in [6, 6.07) is 4.53. The van der Waals surface area contributed by atoms with Gasteiger partial charge in [0.1, 0.15) is 0 Å². The maximum atomic E-state index is 5.48. The average Bonchev–Trinajstić information content (AvgIpc) is 3.08. The first-order valence-corrected chi connectivity index (χ1v) is 8.71. The Hall–Kier alpha value is -1.76. The van der Waals surface area contributed by atoms with Crippen LogP contribution in [0.15, 0.2) is 30.7 Å². The fraction of sp³-hybridized carbons (Fsp3) is 0.556. The first-order valence-electron chi connectivity index (χ1n) is 8.71. The van der Waals surface area contributed by atoms with E-state index in [9.17, 15) is 0 Å². The summed E-state index contributed by atoms with van der Waals surface area (Å²) >= 11 is 0. The third-order valence-corrected chi connectivity index (χ3v) is 4.62. The van der Waals surface area contributed by atoms with Gasteiger partial charge in [0.2, 0.25) is 0 Å². The Labute approximate surface area is 143 Å². The van der Waals surface area contributed by atoms with Crippen molar-refractivity contribution in [3.05, 3.63) is 36.3 Å². The van der Waals surface area contributed by atoms with E-state index in [1.54, 1.807) is 6.20 Å². The third kappa shape index (κ3) is 4.20. The molecule has 0 unspecified atom stereocenters. The lowest BCUT2D eigenvalue weighted by molar-refractivity contribution is 0.00648. The van der Waals surface area contributed by atoms with E-state index in [4.69, 9.17) is 4.74 Å². The number of H-pyrrole nitrogens is 1. The van der Waals surface area contributed by atoms with Crippen LogP contribution in [0.3, 0.4) is 0 Å². The molecule has 0 bridgehead atoms. The van der Waals surface area contributed by atoms with Crippen molar-refractivity contribution in [2.45, 2.75) is 26.4 Å². The van der Waals surface area contributed by atoms with Crippen LogP contribution in [0.1, 0.15) is 19.4 Å². The number of hydrogen-bond acceptors (Lipinski definition) is 5. The van der Waals surface area contributed by atoms with Crippen LogP contribution in [0.4, 0.5) is 0 Å². The minimum absolute atomic E-state index is 0.530. The molecule has 0 radical (unpaired) electrons. The number of pyridine rings is 1. The number of morpholine rings is 1. The molecule has 2 aromatic rings. The Morgan fingerprint density at radius 1 is 1.29 bits per heavy atom. The van der Waals surface area contributed by atoms with Crippen LogP contribution < -0.4 is 5.32 Å². The van der Waals surface area contributed by atoms with E-state index in [0.29, 0.717) is 12.0 Å². The average molecular weight is 329 g/mol. The van der Waals surface area contributed by atoms with Crippen molar-refractivity contribution in [3.63, 3.8) is 0 Å². The molecule has 1 aliphatic rings. The van der Waals surface area contributed by atoms with Crippen molar-refractivity contribution in [3.8, 4) is 11.3 Å². The van der Waals surface area contributed by atoms with Gasteiger partial charge in [0.05, 0.1) is 25.1 Å². The molecule has 0 spiro atoms. The van der Waals surface area contributed by atoms with Crippen LogP contribution in [0.2, 0.25) is 0 Å². The summed E-state index contributed by atoms with van der Waals surface area (Å²) in [5.41, 5.74) is 3.29. The molecule has 3 heterocycles. The highest BCUT2D eigenvalue weighted by Gasteiger charge is 2.23. The number of aromatic nitrogens is 3. The molecule has 1 saturated heterocycles. The lowest BCUT2D eigenvalue weighted by atomic mass is 10.0. The van der Waals surface area contributed by atoms with Gasteiger partial charge in [0, 0.05) is 55.7 Å². The molecular weight excluding hydrogens is 302 g/mol. The van der Waals surface area contributed by atoms with Gasteiger partial charge >= 0.3 is 0 Å². The van der Waals surface area contributed by atoms with Crippen LogP contribution in [0, 0.1) is 5.92 Å². The number of rotatable bonds is 7. The fourth-order valence-electron chi connectivity index (χ4n) is 3.26. The van der Waals surface area contributed by atoms with Crippen LogP contribution in [-0.2, 0) is 11.3 Å². The van der Waals surface area contributed by atoms with Crippen molar-refractivity contribution in [2.24, 2.45) is 5.92 Å².